The fourth-order valence-corrected chi connectivity index (χ4v) is 1.87. The summed E-state index contributed by atoms with van der Waals surface area (Å²) in [7, 11) is 2.96. The minimum Gasteiger partial charge on any atom is -0.492 e. The van der Waals surface area contributed by atoms with Crippen LogP contribution in [-0.2, 0) is 9.53 Å². The number of rotatable bonds is 7. The predicted molar refractivity (Wildman–Crippen MR) is 77.7 cm³/mol. The number of esters is 1. The van der Waals surface area contributed by atoms with Crippen molar-refractivity contribution in [3.8, 4) is 5.75 Å². The van der Waals surface area contributed by atoms with Crippen molar-refractivity contribution in [2.45, 2.75) is 18.9 Å². The maximum absolute atomic E-state index is 11.7. The lowest BCUT2D eigenvalue weighted by atomic mass is 9.99. The van der Waals surface area contributed by atoms with Crippen LogP contribution < -0.4 is 10.1 Å². The molecule has 0 bridgehead atoms. The van der Waals surface area contributed by atoms with Crippen molar-refractivity contribution >= 4 is 23.3 Å². The Hall–Kier alpha value is -1.86. The summed E-state index contributed by atoms with van der Waals surface area (Å²) in [6.45, 7) is 1.89. The van der Waals surface area contributed by atoms with Crippen molar-refractivity contribution in [3.05, 3.63) is 33.3 Å². The molecule has 1 rings (SSSR count). The second-order valence-corrected chi connectivity index (χ2v) is 4.95. The van der Waals surface area contributed by atoms with E-state index in [1.807, 2.05) is 0 Å². The molecular formula is C13H17ClN2O5. The van der Waals surface area contributed by atoms with Crippen LogP contribution in [0.3, 0.4) is 0 Å². The molecule has 0 heterocycles. The first-order valence-corrected chi connectivity index (χ1v) is 6.56. The Labute approximate surface area is 127 Å². The molecule has 1 N–H and O–H groups in total. The van der Waals surface area contributed by atoms with Crippen LogP contribution in [-0.4, -0.2) is 37.2 Å². The molecule has 0 saturated heterocycles. The highest BCUT2D eigenvalue weighted by Gasteiger charge is 2.32. The summed E-state index contributed by atoms with van der Waals surface area (Å²) in [5.74, 6) is -0.0750. The number of carbonyl (C=O) groups excluding carboxylic acids is 1. The first kappa shape index (κ1) is 17.2. The van der Waals surface area contributed by atoms with E-state index in [-0.39, 0.29) is 17.3 Å². The lowest BCUT2D eigenvalue weighted by Gasteiger charge is -2.25. The number of hydrogen-bond donors (Lipinski definition) is 1. The highest BCUT2D eigenvalue weighted by Crippen LogP contribution is 2.29. The van der Waals surface area contributed by atoms with E-state index in [1.165, 1.54) is 25.3 Å². The molecule has 1 unspecified atom stereocenters. The van der Waals surface area contributed by atoms with Gasteiger partial charge >= 0.3 is 5.97 Å². The standard InChI is InChI=1S/C13H17ClN2O5/c1-13(15-2,12(17)20-3)6-7-21-11-5-4-9(16(18)19)8-10(11)14/h4-5,8,15H,6-7H2,1-3H3. The monoisotopic (exact) mass is 316 g/mol. The number of likely N-dealkylation sites (N-methyl/N-ethyl adjacent to an activating group) is 1. The molecule has 1 aromatic carbocycles. The van der Waals surface area contributed by atoms with Gasteiger partial charge < -0.3 is 14.8 Å². The highest BCUT2D eigenvalue weighted by atomic mass is 35.5. The van der Waals surface area contributed by atoms with E-state index in [4.69, 9.17) is 21.1 Å². The number of hydrogen-bond acceptors (Lipinski definition) is 6. The molecule has 1 aromatic rings. The van der Waals surface area contributed by atoms with Crippen molar-refractivity contribution in [1.29, 1.82) is 0 Å². The Kier molecular flexibility index (Phi) is 5.92. The smallest absolute Gasteiger partial charge is 0.325 e. The lowest BCUT2D eigenvalue weighted by Crippen LogP contribution is -2.49. The van der Waals surface area contributed by atoms with Crippen LogP contribution in [0.15, 0.2) is 18.2 Å². The molecule has 116 valence electrons. The van der Waals surface area contributed by atoms with Gasteiger partial charge in [0.05, 0.1) is 23.7 Å². The number of halogens is 1. The summed E-state index contributed by atoms with van der Waals surface area (Å²) >= 11 is 5.91. The Morgan fingerprint density at radius 2 is 2.19 bits per heavy atom. The van der Waals surface area contributed by atoms with Crippen molar-refractivity contribution in [2.24, 2.45) is 0 Å². The van der Waals surface area contributed by atoms with Gasteiger partial charge in [-0.05, 0) is 20.0 Å². The average Bonchev–Trinajstić information content (AvgIpc) is 2.47. The Morgan fingerprint density at radius 1 is 1.52 bits per heavy atom. The maximum Gasteiger partial charge on any atom is 0.325 e. The van der Waals surface area contributed by atoms with Crippen LogP contribution in [0.4, 0.5) is 5.69 Å². The third-order valence-electron chi connectivity index (χ3n) is 3.17. The number of nitrogens with one attached hydrogen (secondary N) is 1. The van der Waals surface area contributed by atoms with Crippen molar-refractivity contribution in [2.75, 3.05) is 20.8 Å². The highest BCUT2D eigenvalue weighted by molar-refractivity contribution is 6.32. The molecule has 1 atom stereocenters. The minimum absolute atomic E-state index is 0.109. The molecule has 8 heteroatoms. The molecule has 0 aliphatic carbocycles. The zero-order valence-electron chi connectivity index (χ0n) is 12.0. The van der Waals surface area contributed by atoms with Crippen LogP contribution in [0, 0.1) is 10.1 Å². The van der Waals surface area contributed by atoms with Crippen molar-refractivity contribution < 1.29 is 19.2 Å². The van der Waals surface area contributed by atoms with Crippen LogP contribution in [0.5, 0.6) is 5.75 Å². The number of nitrogens with zero attached hydrogens (tertiary/aromatic N) is 1. The van der Waals surface area contributed by atoms with Gasteiger partial charge in [0.1, 0.15) is 11.3 Å². The van der Waals surface area contributed by atoms with Gasteiger partial charge in [0, 0.05) is 18.6 Å². The topological polar surface area (TPSA) is 90.7 Å². The molecule has 21 heavy (non-hydrogen) atoms. The molecule has 0 radical (unpaired) electrons. The van der Waals surface area contributed by atoms with Gasteiger partial charge in [-0.25, -0.2) is 0 Å². The number of methoxy groups -OCH3 is 1. The molecule has 0 aliphatic rings. The number of carbonyl (C=O) groups is 1. The molecule has 0 fully saturated rings. The van der Waals surface area contributed by atoms with Crippen LogP contribution in [0.1, 0.15) is 13.3 Å². The van der Waals surface area contributed by atoms with Gasteiger partial charge in [-0.2, -0.15) is 0 Å². The molecule has 7 nitrogen and oxygen atoms in total. The van der Waals surface area contributed by atoms with Crippen molar-refractivity contribution in [3.63, 3.8) is 0 Å². The third-order valence-corrected chi connectivity index (χ3v) is 3.47. The van der Waals surface area contributed by atoms with Gasteiger partial charge in [-0.1, -0.05) is 11.6 Å². The molecule has 0 aromatic heterocycles. The fourth-order valence-electron chi connectivity index (χ4n) is 1.64. The Bertz CT molecular complexity index is 537. The zero-order valence-corrected chi connectivity index (χ0v) is 12.8. The maximum atomic E-state index is 11.7. The summed E-state index contributed by atoms with van der Waals surface area (Å²) in [5.41, 5.74) is -0.982. The van der Waals surface area contributed by atoms with Crippen LogP contribution in [0.25, 0.3) is 0 Å². The van der Waals surface area contributed by atoms with Crippen LogP contribution in [0.2, 0.25) is 5.02 Å². The van der Waals surface area contributed by atoms with Gasteiger partial charge in [0.25, 0.3) is 5.69 Å². The number of non-ortho nitro benzene ring substituents is 1. The van der Waals surface area contributed by atoms with E-state index in [9.17, 15) is 14.9 Å². The van der Waals surface area contributed by atoms with E-state index >= 15 is 0 Å². The first-order chi connectivity index (χ1) is 9.84. The Balaban J connectivity index is 2.68. The summed E-state index contributed by atoms with van der Waals surface area (Å²) in [6, 6.07) is 3.95. The molecule has 0 amide bonds. The van der Waals surface area contributed by atoms with Crippen molar-refractivity contribution in [1.82, 2.24) is 5.32 Å². The molecular weight excluding hydrogens is 300 g/mol. The van der Waals surface area contributed by atoms with E-state index in [1.54, 1.807) is 14.0 Å². The van der Waals surface area contributed by atoms with E-state index < -0.39 is 16.4 Å². The average molecular weight is 317 g/mol. The molecule has 0 saturated carbocycles. The van der Waals surface area contributed by atoms with E-state index in [2.05, 4.69) is 5.32 Å². The summed E-state index contributed by atoms with van der Waals surface area (Å²) < 4.78 is 10.2. The molecule has 0 spiro atoms. The van der Waals surface area contributed by atoms with Gasteiger partial charge in [-0.3, -0.25) is 14.9 Å². The molecule has 0 aliphatic heterocycles. The summed E-state index contributed by atoms with van der Waals surface area (Å²) in [6.07, 6.45) is 0.351. The fraction of sp³-hybridized carbons (Fsp3) is 0.462. The van der Waals surface area contributed by atoms with Crippen LogP contribution >= 0.6 is 11.6 Å². The quantitative estimate of drug-likeness (QED) is 0.471. The lowest BCUT2D eigenvalue weighted by molar-refractivity contribution is -0.384. The summed E-state index contributed by atoms with van der Waals surface area (Å²) in [5, 5.41) is 13.6. The van der Waals surface area contributed by atoms with Gasteiger partial charge in [0.15, 0.2) is 0 Å². The van der Waals surface area contributed by atoms with E-state index in [0.29, 0.717) is 12.2 Å². The normalized spacial score (nSPS) is 13.3. The first-order valence-electron chi connectivity index (χ1n) is 6.18. The number of nitro benzene ring substituents is 1. The Morgan fingerprint density at radius 3 is 2.67 bits per heavy atom. The number of ether oxygens (including phenoxy) is 2. The summed E-state index contributed by atoms with van der Waals surface area (Å²) in [4.78, 5) is 21.7. The minimum atomic E-state index is -0.873. The zero-order chi connectivity index (χ0) is 16.0. The number of nitro groups is 1. The third kappa shape index (κ3) is 4.30. The van der Waals surface area contributed by atoms with Gasteiger partial charge in [0.2, 0.25) is 0 Å². The SMILES string of the molecule is CNC(C)(CCOc1ccc([N+](=O)[O-])cc1Cl)C(=O)OC. The van der Waals surface area contributed by atoms with E-state index in [0.717, 1.165) is 0 Å². The predicted octanol–water partition coefficient (Wildman–Crippen LogP) is 2.17. The second-order valence-electron chi connectivity index (χ2n) is 4.54. The number of benzene rings is 1. The largest absolute Gasteiger partial charge is 0.492 e. The van der Waals surface area contributed by atoms with Gasteiger partial charge in [-0.15, -0.1) is 0 Å². The second kappa shape index (κ2) is 7.24.